The number of amides is 2. The predicted molar refractivity (Wildman–Crippen MR) is 112 cm³/mol. The number of pyridine rings is 1. The number of benzene rings is 2. The zero-order chi connectivity index (χ0) is 20.9. The molecular formula is C23H19FN4O2. The summed E-state index contributed by atoms with van der Waals surface area (Å²) in [6.07, 6.45) is 3.37. The molecule has 0 spiro atoms. The van der Waals surface area contributed by atoms with E-state index in [2.05, 4.69) is 20.6 Å². The molecule has 4 rings (SSSR count). The lowest BCUT2D eigenvalue weighted by molar-refractivity contribution is -0.115. The molecule has 7 heteroatoms. The molecule has 0 aliphatic heterocycles. The van der Waals surface area contributed by atoms with Crippen molar-refractivity contribution in [3.8, 4) is 0 Å². The van der Waals surface area contributed by atoms with Gasteiger partial charge in [0.15, 0.2) is 0 Å². The van der Waals surface area contributed by atoms with Gasteiger partial charge in [0, 0.05) is 18.1 Å². The molecule has 0 unspecified atom stereocenters. The van der Waals surface area contributed by atoms with Crippen molar-refractivity contribution < 1.29 is 14.0 Å². The Kier molecular flexibility index (Phi) is 5.52. The maximum Gasteiger partial charge on any atom is 0.253 e. The number of halogens is 1. The van der Waals surface area contributed by atoms with Crippen molar-refractivity contribution in [2.24, 2.45) is 0 Å². The molecule has 0 atom stereocenters. The Morgan fingerprint density at radius 2 is 1.77 bits per heavy atom. The summed E-state index contributed by atoms with van der Waals surface area (Å²) in [4.78, 5) is 32.2. The number of H-pyrrole nitrogens is 1. The van der Waals surface area contributed by atoms with Gasteiger partial charge in [0.1, 0.15) is 11.5 Å². The first-order chi connectivity index (χ1) is 14.6. The lowest BCUT2D eigenvalue weighted by Crippen LogP contribution is -2.22. The van der Waals surface area contributed by atoms with Crippen LogP contribution in [0.3, 0.4) is 0 Å². The van der Waals surface area contributed by atoms with Crippen LogP contribution in [0.4, 0.5) is 10.1 Å². The maximum absolute atomic E-state index is 13.0. The molecular weight excluding hydrogens is 383 g/mol. The largest absolute Gasteiger partial charge is 0.348 e. The summed E-state index contributed by atoms with van der Waals surface area (Å²) in [6, 6.07) is 17.1. The second-order valence-electron chi connectivity index (χ2n) is 6.84. The van der Waals surface area contributed by atoms with E-state index in [4.69, 9.17) is 0 Å². The molecule has 4 aromatic rings. The Hall–Kier alpha value is -4.00. The molecule has 2 heterocycles. The van der Waals surface area contributed by atoms with Crippen molar-refractivity contribution in [2.45, 2.75) is 13.0 Å². The van der Waals surface area contributed by atoms with E-state index in [1.165, 1.54) is 12.1 Å². The Labute approximate surface area is 172 Å². The Bertz CT molecular complexity index is 1190. The molecule has 30 heavy (non-hydrogen) atoms. The van der Waals surface area contributed by atoms with Gasteiger partial charge in [-0.05, 0) is 29.3 Å². The molecule has 0 radical (unpaired) electrons. The molecule has 0 aliphatic carbocycles. The van der Waals surface area contributed by atoms with Crippen molar-refractivity contribution in [3.05, 3.63) is 95.6 Å². The minimum absolute atomic E-state index is 0.166. The molecule has 0 aliphatic rings. The highest BCUT2D eigenvalue weighted by atomic mass is 19.1. The van der Waals surface area contributed by atoms with Crippen LogP contribution >= 0.6 is 0 Å². The van der Waals surface area contributed by atoms with Crippen LogP contribution in [0.2, 0.25) is 0 Å². The summed E-state index contributed by atoms with van der Waals surface area (Å²) >= 11 is 0. The van der Waals surface area contributed by atoms with Crippen molar-refractivity contribution in [3.63, 3.8) is 0 Å². The quantitative estimate of drug-likeness (QED) is 0.458. The van der Waals surface area contributed by atoms with Crippen LogP contribution in [0.15, 0.2) is 73.1 Å². The number of fused-ring (bicyclic) bond motifs is 1. The average Bonchev–Trinajstić information content (AvgIpc) is 3.17. The molecule has 3 N–H and O–H groups in total. The fourth-order valence-electron chi connectivity index (χ4n) is 3.13. The number of hydrogen-bond donors (Lipinski definition) is 3. The number of aromatic nitrogens is 2. The summed E-state index contributed by atoms with van der Waals surface area (Å²) in [6.45, 7) is 0.271. The highest BCUT2D eigenvalue weighted by Crippen LogP contribution is 2.20. The highest BCUT2D eigenvalue weighted by molar-refractivity contribution is 6.07. The van der Waals surface area contributed by atoms with E-state index >= 15 is 0 Å². The SMILES string of the molecule is O=C(Cc1ccccc1)Nc1cnc2[nH]cc(C(=O)NCc3ccc(F)cc3)c2c1. The van der Waals surface area contributed by atoms with E-state index in [1.807, 2.05) is 30.3 Å². The van der Waals surface area contributed by atoms with Crippen molar-refractivity contribution in [1.29, 1.82) is 0 Å². The lowest BCUT2D eigenvalue weighted by Gasteiger charge is -2.07. The first-order valence-corrected chi connectivity index (χ1v) is 9.42. The van der Waals surface area contributed by atoms with Gasteiger partial charge in [-0.1, -0.05) is 42.5 Å². The van der Waals surface area contributed by atoms with Crippen LogP contribution in [-0.2, 0) is 17.8 Å². The van der Waals surface area contributed by atoms with Gasteiger partial charge in [-0.15, -0.1) is 0 Å². The predicted octanol–water partition coefficient (Wildman–Crippen LogP) is 3.81. The van der Waals surface area contributed by atoms with Crippen LogP contribution in [0.1, 0.15) is 21.5 Å². The van der Waals surface area contributed by atoms with E-state index in [9.17, 15) is 14.0 Å². The summed E-state index contributed by atoms with van der Waals surface area (Å²) in [5.74, 6) is -0.782. The van der Waals surface area contributed by atoms with Crippen molar-refractivity contribution in [1.82, 2.24) is 15.3 Å². The average molecular weight is 402 g/mol. The Balaban J connectivity index is 1.46. The third kappa shape index (κ3) is 4.52. The molecule has 0 fully saturated rings. The normalized spacial score (nSPS) is 10.7. The van der Waals surface area contributed by atoms with E-state index in [-0.39, 0.29) is 30.6 Å². The second kappa shape index (κ2) is 8.57. The van der Waals surface area contributed by atoms with Gasteiger partial charge in [0.2, 0.25) is 5.91 Å². The molecule has 2 amide bonds. The second-order valence-corrected chi connectivity index (χ2v) is 6.84. The van der Waals surface area contributed by atoms with Gasteiger partial charge in [-0.2, -0.15) is 0 Å². The maximum atomic E-state index is 13.0. The minimum atomic E-state index is -0.324. The number of carbonyl (C=O) groups is 2. The molecule has 2 aromatic carbocycles. The fourth-order valence-corrected chi connectivity index (χ4v) is 3.13. The number of carbonyl (C=O) groups excluding carboxylic acids is 2. The number of hydrogen-bond acceptors (Lipinski definition) is 3. The number of nitrogens with zero attached hydrogens (tertiary/aromatic N) is 1. The fraction of sp³-hybridized carbons (Fsp3) is 0.0870. The number of rotatable bonds is 6. The summed E-state index contributed by atoms with van der Waals surface area (Å²) in [5.41, 5.74) is 3.17. The molecule has 0 saturated carbocycles. The van der Waals surface area contributed by atoms with Gasteiger partial charge in [-0.25, -0.2) is 9.37 Å². The topological polar surface area (TPSA) is 86.9 Å². The van der Waals surface area contributed by atoms with Crippen LogP contribution in [0.25, 0.3) is 11.0 Å². The third-order valence-corrected chi connectivity index (χ3v) is 4.63. The number of aromatic amines is 1. The van der Waals surface area contributed by atoms with Crippen LogP contribution in [-0.4, -0.2) is 21.8 Å². The standard InChI is InChI=1S/C23H19FN4O2/c24-17-8-6-16(7-9-17)12-27-23(30)20-14-26-22-19(20)11-18(13-25-22)28-21(29)10-15-4-2-1-3-5-15/h1-9,11,13-14H,10,12H2,(H,25,26)(H,27,30)(H,28,29). The summed E-state index contributed by atoms with van der Waals surface area (Å²) in [5, 5.41) is 6.23. The van der Waals surface area contributed by atoms with Crippen molar-refractivity contribution >= 4 is 28.5 Å². The van der Waals surface area contributed by atoms with E-state index in [1.54, 1.807) is 30.6 Å². The molecule has 150 valence electrons. The van der Waals surface area contributed by atoms with Gasteiger partial charge in [-0.3, -0.25) is 9.59 Å². The third-order valence-electron chi connectivity index (χ3n) is 4.63. The monoisotopic (exact) mass is 402 g/mol. The van der Waals surface area contributed by atoms with E-state index in [0.29, 0.717) is 22.3 Å². The molecule has 6 nitrogen and oxygen atoms in total. The Morgan fingerprint density at radius 1 is 1.00 bits per heavy atom. The highest BCUT2D eigenvalue weighted by Gasteiger charge is 2.14. The number of nitrogens with one attached hydrogen (secondary N) is 3. The van der Waals surface area contributed by atoms with Crippen LogP contribution in [0, 0.1) is 5.82 Å². The summed E-state index contributed by atoms with van der Waals surface area (Å²) in [7, 11) is 0. The smallest absolute Gasteiger partial charge is 0.253 e. The van der Waals surface area contributed by atoms with E-state index < -0.39 is 0 Å². The first-order valence-electron chi connectivity index (χ1n) is 9.42. The molecule has 0 bridgehead atoms. The van der Waals surface area contributed by atoms with Gasteiger partial charge >= 0.3 is 0 Å². The summed E-state index contributed by atoms with van der Waals surface area (Å²) < 4.78 is 13.0. The van der Waals surface area contributed by atoms with Crippen LogP contribution < -0.4 is 10.6 Å². The zero-order valence-corrected chi connectivity index (χ0v) is 16.0. The first kappa shape index (κ1) is 19.3. The van der Waals surface area contributed by atoms with Gasteiger partial charge in [0.25, 0.3) is 5.91 Å². The molecule has 2 aromatic heterocycles. The zero-order valence-electron chi connectivity index (χ0n) is 16.0. The number of anilines is 1. The van der Waals surface area contributed by atoms with Crippen LogP contribution in [0.5, 0.6) is 0 Å². The van der Waals surface area contributed by atoms with Gasteiger partial charge < -0.3 is 15.6 Å². The Morgan fingerprint density at radius 3 is 2.53 bits per heavy atom. The lowest BCUT2D eigenvalue weighted by atomic mass is 10.1. The van der Waals surface area contributed by atoms with Gasteiger partial charge in [0.05, 0.1) is 23.9 Å². The molecule has 0 saturated heterocycles. The van der Waals surface area contributed by atoms with Crippen molar-refractivity contribution in [2.75, 3.05) is 5.32 Å². The van der Waals surface area contributed by atoms with E-state index in [0.717, 1.165) is 11.1 Å². The minimum Gasteiger partial charge on any atom is -0.348 e.